The number of aliphatic hydroxyl groups is 1. The van der Waals surface area contributed by atoms with Gasteiger partial charge in [0.2, 0.25) is 5.91 Å². The molecule has 100 valence electrons. The van der Waals surface area contributed by atoms with Gasteiger partial charge in [0.1, 0.15) is 0 Å². The van der Waals surface area contributed by atoms with E-state index in [1.165, 1.54) is 0 Å². The average Bonchev–Trinajstić information content (AvgIpc) is 2.28. The first kappa shape index (κ1) is 14.7. The van der Waals surface area contributed by atoms with E-state index in [1.807, 2.05) is 57.0 Å². The van der Waals surface area contributed by atoms with Crippen molar-refractivity contribution in [3.05, 3.63) is 29.8 Å². The summed E-state index contributed by atoms with van der Waals surface area (Å²) in [6.07, 6.45) is 0. The highest BCUT2D eigenvalue weighted by molar-refractivity contribution is 5.92. The number of nitrogens with zero attached hydrogens (tertiary/aromatic N) is 1. The highest BCUT2D eigenvalue weighted by atomic mass is 16.3. The van der Waals surface area contributed by atoms with E-state index in [0.717, 1.165) is 11.3 Å². The summed E-state index contributed by atoms with van der Waals surface area (Å²) in [5, 5.41) is 12.1. The Balaban J connectivity index is 2.57. The van der Waals surface area contributed by atoms with Crippen molar-refractivity contribution in [2.24, 2.45) is 0 Å². The van der Waals surface area contributed by atoms with Gasteiger partial charge in [-0.2, -0.15) is 0 Å². The maximum absolute atomic E-state index is 11.9. The lowest BCUT2D eigenvalue weighted by Crippen LogP contribution is -2.47. The van der Waals surface area contributed by atoms with E-state index in [1.54, 1.807) is 0 Å². The fraction of sp³-hybridized carbons (Fsp3) is 0.500. The number of anilines is 1. The number of likely N-dealkylation sites (N-methyl/N-ethyl adjacent to an activating group) is 1. The number of aliphatic hydroxyl groups excluding tert-OH is 1. The molecule has 0 fully saturated rings. The minimum Gasteiger partial charge on any atom is -0.394 e. The summed E-state index contributed by atoms with van der Waals surface area (Å²) in [6.45, 7) is 6.04. The van der Waals surface area contributed by atoms with Crippen molar-refractivity contribution in [3.8, 4) is 0 Å². The molecule has 4 heteroatoms. The standard InChI is InChI=1S/C14H22N2O2/c1-11-6-5-7-12(8-11)15-13(18)9-16(4)14(2,3)10-17/h5-8,17H,9-10H2,1-4H3,(H,15,18). The van der Waals surface area contributed by atoms with Crippen LogP contribution in [0.4, 0.5) is 5.69 Å². The Morgan fingerprint density at radius 1 is 1.44 bits per heavy atom. The maximum atomic E-state index is 11.9. The van der Waals surface area contributed by atoms with Gasteiger partial charge in [-0.15, -0.1) is 0 Å². The number of aryl methyl sites for hydroxylation is 1. The molecule has 2 N–H and O–H groups in total. The third-order valence-corrected chi connectivity index (χ3v) is 3.10. The minimum atomic E-state index is -0.399. The number of carbonyl (C=O) groups is 1. The first-order valence-electron chi connectivity index (χ1n) is 6.04. The number of rotatable bonds is 5. The van der Waals surface area contributed by atoms with Crippen LogP contribution in [-0.2, 0) is 4.79 Å². The lowest BCUT2D eigenvalue weighted by atomic mass is 10.1. The van der Waals surface area contributed by atoms with E-state index in [0.29, 0.717) is 0 Å². The van der Waals surface area contributed by atoms with Crippen molar-refractivity contribution in [3.63, 3.8) is 0 Å². The van der Waals surface area contributed by atoms with Crippen LogP contribution in [0.2, 0.25) is 0 Å². The van der Waals surface area contributed by atoms with Gasteiger partial charge in [-0.05, 0) is 45.5 Å². The van der Waals surface area contributed by atoms with Gasteiger partial charge in [0.05, 0.1) is 13.2 Å². The van der Waals surface area contributed by atoms with Gasteiger partial charge in [-0.1, -0.05) is 12.1 Å². The van der Waals surface area contributed by atoms with E-state index >= 15 is 0 Å². The number of carbonyl (C=O) groups excluding carboxylic acids is 1. The third kappa shape index (κ3) is 4.13. The number of hydrogen-bond donors (Lipinski definition) is 2. The molecule has 0 atom stereocenters. The third-order valence-electron chi connectivity index (χ3n) is 3.10. The second kappa shape index (κ2) is 5.98. The van der Waals surface area contributed by atoms with E-state index in [2.05, 4.69) is 5.32 Å². The monoisotopic (exact) mass is 250 g/mol. The topological polar surface area (TPSA) is 52.6 Å². The Kier molecular flexibility index (Phi) is 4.87. The zero-order valence-electron chi connectivity index (χ0n) is 11.5. The Morgan fingerprint density at radius 3 is 2.67 bits per heavy atom. The largest absolute Gasteiger partial charge is 0.394 e. The van der Waals surface area contributed by atoms with Crippen LogP contribution in [0.3, 0.4) is 0 Å². The van der Waals surface area contributed by atoms with Gasteiger partial charge in [-0.25, -0.2) is 0 Å². The number of amides is 1. The second-order valence-electron chi connectivity index (χ2n) is 5.24. The van der Waals surface area contributed by atoms with Crippen LogP contribution >= 0.6 is 0 Å². The summed E-state index contributed by atoms with van der Waals surface area (Å²) in [6, 6.07) is 7.68. The molecule has 0 spiro atoms. The zero-order chi connectivity index (χ0) is 13.8. The molecule has 18 heavy (non-hydrogen) atoms. The summed E-state index contributed by atoms with van der Waals surface area (Å²) in [4.78, 5) is 13.7. The molecule has 0 aliphatic rings. The van der Waals surface area contributed by atoms with Gasteiger partial charge in [0.15, 0.2) is 0 Å². The Labute approximate surface area is 109 Å². The molecule has 0 heterocycles. The van der Waals surface area contributed by atoms with Crippen molar-refractivity contribution < 1.29 is 9.90 Å². The molecule has 0 unspecified atom stereocenters. The SMILES string of the molecule is Cc1cccc(NC(=O)CN(C)C(C)(C)CO)c1. The summed E-state index contributed by atoms with van der Waals surface area (Å²) in [5.74, 6) is -0.0791. The van der Waals surface area contributed by atoms with Crippen molar-refractivity contribution in [1.29, 1.82) is 0 Å². The highest BCUT2D eigenvalue weighted by Gasteiger charge is 2.24. The second-order valence-corrected chi connectivity index (χ2v) is 5.24. The first-order chi connectivity index (χ1) is 8.35. The maximum Gasteiger partial charge on any atom is 0.238 e. The molecule has 0 saturated heterocycles. The van der Waals surface area contributed by atoms with Gasteiger partial charge >= 0.3 is 0 Å². The van der Waals surface area contributed by atoms with Crippen LogP contribution in [0.1, 0.15) is 19.4 Å². The van der Waals surface area contributed by atoms with E-state index in [9.17, 15) is 9.90 Å². The Hall–Kier alpha value is -1.39. The van der Waals surface area contributed by atoms with Gasteiger partial charge in [-0.3, -0.25) is 9.69 Å². The highest BCUT2D eigenvalue weighted by Crippen LogP contribution is 2.12. The van der Waals surface area contributed by atoms with Crippen molar-refractivity contribution in [1.82, 2.24) is 4.90 Å². The molecule has 4 nitrogen and oxygen atoms in total. The molecule has 0 aliphatic heterocycles. The van der Waals surface area contributed by atoms with Gasteiger partial charge in [0, 0.05) is 11.2 Å². The summed E-state index contributed by atoms with van der Waals surface area (Å²) in [5.41, 5.74) is 1.51. The summed E-state index contributed by atoms with van der Waals surface area (Å²) >= 11 is 0. The molecule has 0 aliphatic carbocycles. The van der Waals surface area contributed by atoms with Crippen LogP contribution in [0, 0.1) is 6.92 Å². The Morgan fingerprint density at radius 2 is 2.11 bits per heavy atom. The molecular formula is C14H22N2O2. The van der Waals surface area contributed by atoms with Crippen LogP contribution in [0.15, 0.2) is 24.3 Å². The van der Waals surface area contributed by atoms with Crippen molar-refractivity contribution in [2.45, 2.75) is 26.3 Å². The average molecular weight is 250 g/mol. The van der Waals surface area contributed by atoms with E-state index < -0.39 is 5.54 Å². The first-order valence-corrected chi connectivity index (χ1v) is 6.04. The normalized spacial score (nSPS) is 11.7. The number of benzene rings is 1. The fourth-order valence-electron chi connectivity index (χ4n) is 1.47. The molecule has 1 aromatic rings. The predicted octanol–water partition coefficient (Wildman–Crippen LogP) is 1.64. The number of hydrogen-bond acceptors (Lipinski definition) is 3. The van der Waals surface area contributed by atoms with Gasteiger partial charge < -0.3 is 10.4 Å². The smallest absolute Gasteiger partial charge is 0.238 e. The molecule has 1 aromatic carbocycles. The lowest BCUT2D eigenvalue weighted by molar-refractivity contribution is -0.118. The Bertz CT molecular complexity index is 416. The predicted molar refractivity (Wildman–Crippen MR) is 73.6 cm³/mol. The molecule has 0 bridgehead atoms. The van der Waals surface area contributed by atoms with Crippen molar-refractivity contribution in [2.75, 3.05) is 25.5 Å². The quantitative estimate of drug-likeness (QED) is 0.835. The molecule has 0 radical (unpaired) electrons. The molecule has 1 amide bonds. The van der Waals surface area contributed by atoms with Crippen LogP contribution in [0.5, 0.6) is 0 Å². The molecule has 0 saturated carbocycles. The lowest BCUT2D eigenvalue weighted by Gasteiger charge is -2.33. The van der Waals surface area contributed by atoms with Crippen molar-refractivity contribution >= 4 is 11.6 Å². The van der Waals surface area contributed by atoms with Crippen LogP contribution < -0.4 is 5.32 Å². The summed E-state index contributed by atoms with van der Waals surface area (Å²) < 4.78 is 0. The molecule has 1 rings (SSSR count). The van der Waals surface area contributed by atoms with E-state index in [4.69, 9.17) is 0 Å². The number of nitrogens with one attached hydrogen (secondary N) is 1. The molecule has 0 aromatic heterocycles. The molecular weight excluding hydrogens is 228 g/mol. The zero-order valence-corrected chi connectivity index (χ0v) is 11.5. The minimum absolute atomic E-state index is 0.0151. The van der Waals surface area contributed by atoms with E-state index in [-0.39, 0.29) is 19.1 Å². The van der Waals surface area contributed by atoms with Crippen LogP contribution in [0.25, 0.3) is 0 Å². The van der Waals surface area contributed by atoms with Crippen LogP contribution in [-0.4, -0.2) is 41.7 Å². The summed E-state index contributed by atoms with van der Waals surface area (Å²) in [7, 11) is 1.83. The fourth-order valence-corrected chi connectivity index (χ4v) is 1.47. The van der Waals surface area contributed by atoms with Gasteiger partial charge in [0.25, 0.3) is 0 Å².